The molecule has 0 fully saturated rings. The Morgan fingerprint density at radius 3 is 1.52 bits per heavy atom. The van der Waals surface area contributed by atoms with Crippen molar-refractivity contribution in [1.29, 1.82) is 0 Å². The lowest BCUT2D eigenvalue weighted by Gasteiger charge is -2.24. The van der Waals surface area contributed by atoms with Gasteiger partial charge in [0.15, 0.2) is 0 Å². The van der Waals surface area contributed by atoms with Crippen LogP contribution in [0.3, 0.4) is 0 Å². The molecule has 6 nitrogen and oxygen atoms in total. The van der Waals surface area contributed by atoms with Crippen molar-refractivity contribution in [2.45, 2.75) is 36.7 Å². The Bertz CT molecular complexity index is 1740. The van der Waals surface area contributed by atoms with E-state index in [4.69, 9.17) is 0 Å². The normalized spacial score (nSPS) is 11.2. The molecule has 0 spiro atoms. The van der Waals surface area contributed by atoms with Gasteiger partial charge >= 0.3 is 0 Å². The van der Waals surface area contributed by atoms with Gasteiger partial charge in [0.1, 0.15) is 0 Å². The van der Waals surface area contributed by atoms with Crippen LogP contribution in [0.25, 0.3) is 0 Å². The fourth-order valence-electron chi connectivity index (χ4n) is 3.87. The topological polar surface area (TPSA) is 74.8 Å². The Morgan fingerprint density at radius 2 is 1.05 bits per heavy atom. The van der Waals surface area contributed by atoms with Crippen LogP contribution in [0.15, 0.2) is 131 Å². The second kappa shape index (κ2) is 12.2. The minimum atomic E-state index is -4.05. The monoisotopic (exact) mass is 570 g/mol. The van der Waals surface area contributed by atoms with Gasteiger partial charge in [-0.05, 0) is 55.2 Å². The van der Waals surface area contributed by atoms with Gasteiger partial charge in [-0.3, -0.25) is 4.31 Å². The molecule has 0 amide bonds. The van der Waals surface area contributed by atoms with Crippen molar-refractivity contribution in [1.82, 2.24) is 8.61 Å². The maximum absolute atomic E-state index is 13.7. The molecule has 4 rings (SSSR count). The molecule has 204 valence electrons. The first-order valence-electron chi connectivity index (χ1n) is 12.5. The molecule has 0 heterocycles. The van der Waals surface area contributed by atoms with E-state index in [1.165, 1.54) is 24.3 Å². The third-order valence-corrected chi connectivity index (χ3v) is 9.65. The molecule has 40 heavy (non-hydrogen) atoms. The Balaban J connectivity index is 1.75. The van der Waals surface area contributed by atoms with Gasteiger partial charge in [0, 0.05) is 6.04 Å². The van der Waals surface area contributed by atoms with Crippen LogP contribution in [0.4, 0.5) is 0 Å². The third-order valence-electron chi connectivity index (χ3n) is 6.18. The van der Waals surface area contributed by atoms with Crippen molar-refractivity contribution in [2.24, 2.45) is 0 Å². The quantitative estimate of drug-likeness (QED) is 0.187. The Kier molecular flexibility index (Phi) is 8.78. The lowest BCUT2D eigenvalue weighted by Crippen LogP contribution is -2.30. The Hall–Kier alpha value is -4.32. The zero-order valence-electron chi connectivity index (χ0n) is 22.4. The minimum absolute atomic E-state index is 0.0199. The molecule has 0 aromatic heterocycles. The number of hydrogen-bond acceptors (Lipinski definition) is 4. The number of allylic oxidation sites excluding steroid dienone is 1. The van der Waals surface area contributed by atoms with E-state index >= 15 is 0 Å². The molecule has 0 unspecified atom stereocenters. The summed E-state index contributed by atoms with van der Waals surface area (Å²) in [4.78, 5) is 0.174. The van der Waals surface area contributed by atoms with Crippen molar-refractivity contribution in [2.75, 3.05) is 0 Å². The molecule has 4 aromatic carbocycles. The second-order valence-electron chi connectivity index (χ2n) is 9.30. The molecule has 0 aliphatic carbocycles. The van der Waals surface area contributed by atoms with Crippen LogP contribution in [0.2, 0.25) is 0 Å². The molecule has 0 bridgehead atoms. The molecule has 0 atom stereocenters. The number of benzene rings is 4. The summed E-state index contributed by atoms with van der Waals surface area (Å²) in [5, 5.41) is 0. The molecule has 0 aliphatic heterocycles. The maximum Gasteiger partial charge on any atom is 0.271 e. The first-order chi connectivity index (χ1) is 19.1. The zero-order valence-corrected chi connectivity index (χ0v) is 24.0. The summed E-state index contributed by atoms with van der Waals surface area (Å²) in [7, 11) is -8.09. The molecule has 0 aliphatic rings. The predicted molar refractivity (Wildman–Crippen MR) is 158 cm³/mol. The third kappa shape index (κ3) is 6.81. The standard InChI is InChI=1S/C32H30N2O4S2/c1-26-14-18-31(19-15-26)39(35,36)33(24-29-10-6-4-7-11-29)23-22-28(3)34(25-30-12-8-5-9-13-30)40(37,38)32-20-16-27(2)17-21-32/h4-21H,3,24-25H2,1-2H3. The summed E-state index contributed by atoms with van der Waals surface area (Å²) in [5.74, 6) is 2.75. The number of aryl methyl sites for hydroxylation is 2. The summed E-state index contributed by atoms with van der Waals surface area (Å²) < 4.78 is 56.9. The lowest BCUT2D eigenvalue weighted by molar-refractivity contribution is 0.482. The van der Waals surface area contributed by atoms with Crippen molar-refractivity contribution >= 4 is 20.0 Å². The molecule has 0 saturated heterocycles. The van der Waals surface area contributed by atoms with E-state index in [9.17, 15) is 16.8 Å². The summed E-state index contributed by atoms with van der Waals surface area (Å²) >= 11 is 0. The maximum atomic E-state index is 13.7. The van der Waals surface area contributed by atoms with Crippen LogP contribution < -0.4 is 0 Å². The van der Waals surface area contributed by atoms with E-state index in [0.29, 0.717) is 0 Å². The van der Waals surface area contributed by atoms with Gasteiger partial charge in [-0.1, -0.05) is 103 Å². The van der Waals surface area contributed by atoms with Gasteiger partial charge in [0.25, 0.3) is 20.0 Å². The van der Waals surface area contributed by atoms with Gasteiger partial charge in [-0.2, -0.15) is 0 Å². The lowest BCUT2D eigenvalue weighted by atomic mass is 10.2. The highest BCUT2D eigenvalue weighted by Crippen LogP contribution is 2.24. The first-order valence-corrected chi connectivity index (χ1v) is 15.4. The summed E-state index contributed by atoms with van der Waals surface area (Å²) in [5.41, 5.74) is 3.25. The molecule has 4 aromatic rings. The van der Waals surface area contributed by atoms with Gasteiger partial charge in [0.05, 0.1) is 28.6 Å². The van der Waals surface area contributed by atoms with Crippen LogP contribution in [0.5, 0.6) is 0 Å². The van der Waals surface area contributed by atoms with E-state index in [1.807, 2.05) is 62.4 Å². The number of rotatable bonds is 9. The molecule has 0 saturated carbocycles. The summed E-state index contributed by atoms with van der Waals surface area (Å²) in [6.45, 7) is 7.66. The molecular weight excluding hydrogens is 540 g/mol. The number of hydrogen-bond donors (Lipinski definition) is 0. The second-order valence-corrected chi connectivity index (χ2v) is 13.0. The highest BCUT2D eigenvalue weighted by Gasteiger charge is 2.27. The average Bonchev–Trinajstić information content (AvgIpc) is 2.95. The largest absolute Gasteiger partial charge is 0.271 e. The van der Waals surface area contributed by atoms with Gasteiger partial charge in [0.2, 0.25) is 0 Å². The Morgan fingerprint density at radius 1 is 0.625 bits per heavy atom. The molecular formula is C32H30N2O4S2. The first kappa shape index (κ1) is 28.7. The van der Waals surface area contributed by atoms with Crippen LogP contribution >= 0.6 is 0 Å². The molecule has 8 heteroatoms. The summed E-state index contributed by atoms with van der Waals surface area (Å²) in [6, 6.07) is 33.9. The number of nitrogens with zero attached hydrogens (tertiary/aromatic N) is 2. The number of sulfonamides is 2. The SMILES string of the molecule is C=C(C#CN(Cc1ccccc1)S(=O)(=O)c1ccc(C)cc1)N(Cc1ccccc1)S(=O)(=O)c1ccc(C)cc1. The van der Waals surface area contributed by atoms with Gasteiger partial charge < -0.3 is 0 Å². The Labute approximate surface area is 237 Å². The van der Waals surface area contributed by atoms with Crippen LogP contribution in [-0.4, -0.2) is 25.4 Å². The molecule has 0 radical (unpaired) electrons. The fraction of sp³-hybridized carbons (Fsp3) is 0.125. The van der Waals surface area contributed by atoms with Gasteiger partial charge in [-0.15, -0.1) is 0 Å². The molecule has 0 N–H and O–H groups in total. The minimum Gasteiger partial charge on any atom is -0.255 e. The van der Waals surface area contributed by atoms with Crippen molar-refractivity contribution in [3.05, 3.63) is 144 Å². The van der Waals surface area contributed by atoms with Crippen LogP contribution in [0.1, 0.15) is 22.3 Å². The highest BCUT2D eigenvalue weighted by atomic mass is 32.2. The fourth-order valence-corrected chi connectivity index (χ4v) is 6.48. The summed E-state index contributed by atoms with van der Waals surface area (Å²) in [6.07, 6.45) is 0. The van der Waals surface area contributed by atoms with E-state index in [0.717, 1.165) is 30.9 Å². The van der Waals surface area contributed by atoms with Crippen molar-refractivity contribution in [3.8, 4) is 12.0 Å². The predicted octanol–water partition coefficient (Wildman–Crippen LogP) is 5.86. The average molecular weight is 571 g/mol. The van der Waals surface area contributed by atoms with Crippen LogP contribution in [0, 0.1) is 25.8 Å². The van der Waals surface area contributed by atoms with Crippen LogP contribution in [-0.2, 0) is 33.1 Å². The van der Waals surface area contributed by atoms with Crippen molar-refractivity contribution < 1.29 is 16.8 Å². The zero-order chi connectivity index (χ0) is 28.8. The van der Waals surface area contributed by atoms with E-state index in [1.54, 1.807) is 36.4 Å². The highest BCUT2D eigenvalue weighted by molar-refractivity contribution is 7.89. The van der Waals surface area contributed by atoms with Gasteiger partial charge in [-0.25, -0.2) is 21.1 Å². The van der Waals surface area contributed by atoms with E-state index in [2.05, 4.69) is 18.5 Å². The van der Waals surface area contributed by atoms with E-state index < -0.39 is 20.0 Å². The van der Waals surface area contributed by atoms with Crippen molar-refractivity contribution in [3.63, 3.8) is 0 Å². The van der Waals surface area contributed by atoms with E-state index in [-0.39, 0.29) is 28.6 Å². The smallest absolute Gasteiger partial charge is 0.255 e.